The third-order valence-corrected chi connectivity index (χ3v) is 4.99. The number of aryl methyl sites for hydroxylation is 1. The molecule has 1 aliphatic rings. The summed E-state index contributed by atoms with van der Waals surface area (Å²) in [7, 11) is 0. The lowest BCUT2D eigenvalue weighted by molar-refractivity contribution is -0.123. The van der Waals surface area contributed by atoms with Gasteiger partial charge in [-0.15, -0.1) is 0 Å². The highest BCUT2D eigenvalue weighted by Gasteiger charge is 2.35. The third kappa shape index (κ3) is 3.54. The van der Waals surface area contributed by atoms with Gasteiger partial charge >= 0.3 is 0 Å². The van der Waals surface area contributed by atoms with E-state index < -0.39 is 5.82 Å². The van der Waals surface area contributed by atoms with Crippen molar-refractivity contribution in [1.82, 2.24) is 9.47 Å². The summed E-state index contributed by atoms with van der Waals surface area (Å²) in [6, 6.07) is 8.46. The highest BCUT2D eigenvalue weighted by molar-refractivity contribution is 8.18. The van der Waals surface area contributed by atoms with Crippen molar-refractivity contribution in [1.29, 1.82) is 0 Å². The number of hydrogen-bond acceptors (Lipinski definition) is 3. The minimum atomic E-state index is -0.421. The average molecular weight is 358 g/mol. The first kappa shape index (κ1) is 17.5. The molecule has 0 spiro atoms. The first-order valence-corrected chi connectivity index (χ1v) is 8.85. The van der Waals surface area contributed by atoms with Crippen LogP contribution in [-0.2, 0) is 11.3 Å². The van der Waals surface area contributed by atoms with E-state index in [1.54, 1.807) is 24.3 Å². The highest BCUT2D eigenvalue weighted by atomic mass is 32.2. The summed E-state index contributed by atoms with van der Waals surface area (Å²) in [6.45, 7) is 6.11. The van der Waals surface area contributed by atoms with Crippen LogP contribution in [0.1, 0.15) is 36.7 Å². The maximum absolute atomic E-state index is 13.8. The lowest BCUT2D eigenvalue weighted by Gasteiger charge is -2.12. The fraction of sp³-hybridized carbons (Fsp3) is 0.263. The number of carbonyl (C=O) groups excluding carboxylic acids is 2. The van der Waals surface area contributed by atoms with Crippen LogP contribution >= 0.6 is 11.8 Å². The first-order valence-electron chi connectivity index (χ1n) is 8.04. The van der Waals surface area contributed by atoms with Gasteiger partial charge < -0.3 is 4.57 Å². The molecule has 6 heteroatoms. The van der Waals surface area contributed by atoms with E-state index in [1.165, 1.54) is 6.07 Å². The van der Waals surface area contributed by atoms with E-state index in [0.717, 1.165) is 27.9 Å². The normalized spacial score (nSPS) is 16.5. The van der Waals surface area contributed by atoms with Gasteiger partial charge in [0.1, 0.15) is 5.82 Å². The molecule has 4 nitrogen and oxygen atoms in total. The molecule has 1 aromatic carbocycles. The second kappa shape index (κ2) is 6.88. The van der Waals surface area contributed by atoms with Crippen LogP contribution in [0.3, 0.4) is 0 Å². The molecule has 1 aromatic heterocycles. The Hall–Kier alpha value is -2.34. The Bertz CT molecular complexity index is 870. The molecule has 0 N–H and O–H groups in total. The fourth-order valence-corrected chi connectivity index (χ4v) is 3.67. The van der Waals surface area contributed by atoms with E-state index in [0.29, 0.717) is 16.5 Å². The number of nitrogens with zero attached hydrogens (tertiary/aromatic N) is 2. The number of aromatic nitrogens is 1. The van der Waals surface area contributed by atoms with E-state index in [-0.39, 0.29) is 17.7 Å². The molecule has 0 radical (unpaired) electrons. The third-order valence-electron chi connectivity index (χ3n) is 4.08. The smallest absolute Gasteiger partial charge is 0.293 e. The van der Waals surface area contributed by atoms with E-state index in [4.69, 9.17) is 0 Å². The van der Waals surface area contributed by atoms with Crippen LogP contribution in [-0.4, -0.2) is 20.6 Å². The minimum Gasteiger partial charge on any atom is -0.349 e. The monoisotopic (exact) mass is 358 g/mol. The summed E-state index contributed by atoms with van der Waals surface area (Å²) >= 11 is 0.892. The van der Waals surface area contributed by atoms with Crippen LogP contribution in [0.4, 0.5) is 9.18 Å². The van der Waals surface area contributed by atoms with E-state index in [2.05, 4.69) is 18.4 Å². The van der Waals surface area contributed by atoms with Crippen LogP contribution in [0.2, 0.25) is 0 Å². The highest BCUT2D eigenvalue weighted by Crippen LogP contribution is 2.34. The number of benzene rings is 1. The maximum atomic E-state index is 13.8. The summed E-state index contributed by atoms with van der Waals surface area (Å²) in [4.78, 5) is 26.2. The van der Waals surface area contributed by atoms with Crippen molar-refractivity contribution in [3.63, 3.8) is 0 Å². The first-order chi connectivity index (χ1) is 11.9. The predicted molar refractivity (Wildman–Crippen MR) is 97.5 cm³/mol. The summed E-state index contributed by atoms with van der Waals surface area (Å²) in [5, 5.41) is -0.375. The van der Waals surface area contributed by atoms with Gasteiger partial charge in [0.05, 0.1) is 11.4 Å². The molecule has 130 valence electrons. The van der Waals surface area contributed by atoms with Gasteiger partial charge in [-0.05, 0) is 56.3 Å². The topological polar surface area (TPSA) is 42.3 Å². The predicted octanol–water partition coefficient (Wildman–Crippen LogP) is 4.75. The van der Waals surface area contributed by atoms with Crippen LogP contribution in [0.5, 0.6) is 0 Å². The molecular formula is C19H19FN2O2S. The number of hydrogen-bond donors (Lipinski definition) is 0. The molecule has 3 rings (SSSR count). The molecule has 0 aliphatic carbocycles. The molecule has 2 heterocycles. The zero-order chi connectivity index (χ0) is 18.1. The molecule has 2 amide bonds. The summed E-state index contributed by atoms with van der Waals surface area (Å²) in [5.41, 5.74) is 2.29. The molecular weight excluding hydrogens is 339 g/mol. The van der Waals surface area contributed by atoms with Gasteiger partial charge in [-0.2, -0.15) is 0 Å². The number of halogens is 1. The van der Waals surface area contributed by atoms with Crippen LogP contribution < -0.4 is 0 Å². The van der Waals surface area contributed by atoms with Gasteiger partial charge in [-0.1, -0.05) is 18.2 Å². The second-order valence-corrected chi connectivity index (χ2v) is 7.27. The quantitative estimate of drug-likeness (QED) is 0.741. The van der Waals surface area contributed by atoms with Crippen molar-refractivity contribution < 1.29 is 14.0 Å². The Balaban J connectivity index is 1.83. The molecule has 0 atom stereocenters. The van der Waals surface area contributed by atoms with Crippen LogP contribution in [0.25, 0.3) is 6.08 Å². The van der Waals surface area contributed by atoms with E-state index >= 15 is 0 Å². The van der Waals surface area contributed by atoms with Crippen LogP contribution in [0, 0.1) is 12.7 Å². The Kier molecular flexibility index (Phi) is 4.81. The standard InChI is InChI=1S/C19H19FN2O2S/c1-12(2)21-10-14(8-13(21)3)9-17-18(23)22(19(24)25-17)11-15-6-4-5-7-16(15)20/h4-10,12H,11H2,1-3H3/b17-9+. The zero-order valence-corrected chi connectivity index (χ0v) is 15.1. The van der Waals surface area contributed by atoms with Gasteiger partial charge in [0, 0.05) is 23.5 Å². The lowest BCUT2D eigenvalue weighted by atomic mass is 10.2. The molecule has 1 fully saturated rings. The SMILES string of the molecule is Cc1cc(/C=C2/SC(=O)N(Cc3ccccc3F)C2=O)cn1C(C)C. The van der Waals surface area contributed by atoms with Crippen molar-refractivity contribution in [2.75, 3.05) is 0 Å². The Morgan fingerprint density at radius 1 is 1.24 bits per heavy atom. The molecule has 0 saturated carbocycles. The van der Waals surface area contributed by atoms with Crippen molar-refractivity contribution in [3.8, 4) is 0 Å². The van der Waals surface area contributed by atoms with Gasteiger partial charge in [-0.3, -0.25) is 14.5 Å². The van der Waals surface area contributed by atoms with Gasteiger partial charge in [0.25, 0.3) is 11.1 Å². The molecule has 25 heavy (non-hydrogen) atoms. The number of amides is 2. The van der Waals surface area contributed by atoms with E-state index in [1.807, 2.05) is 19.2 Å². The zero-order valence-electron chi connectivity index (χ0n) is 14.3. The van der Waals surface area contributed by atoms with Gasteiger partial charge in [-0.25, -0.2) is 4.39 Å². The average Bonchev–Trinajstić information content (AvgIpc) is 3.04. The summed E-state index contributed by atoms with van der Waals surface area (Å²) in [6.07, 6.45) is 3.68. The Labute approximate surface area is 150 Å². The number of rotatable bonds is 4. The Morgan fingerprint density at radius 2 is 1.96 bits per heavy atom. The molecule has 0 unspecified atom stereocenters. The Morgan fingerprint density at radius 3 is 2.60 bits per heavy atom. The number of thioether (sulfide) groups is 1. The van der Waals surface area contributed by atoms with Crippen molar-refractivity contribution in [2.24, 2.45) is 0 Å². The van der Waals surface area contributed by atoms with Crippen LogP contribution in [0.15, 0.2) is 41.4 Å². The number of carbonyl (C=O) groups is 2. The van der Waals surface area contributed by atoms with Crippen molar-refractivity contribution >= 4 is 29.0 Å². The minimum absolute atomic E-state index is 0.0548. The summed E-state index contributed by atoms with van der Waals surface area (Å²) in [5.74, 6) is -0.802. The van der Waals surface area contributed by atoms with Crippen molar-refractivity contribution in [3.05, 3.63) is 64.1 Å². The number of imide groups is 1. The fourth-order valence-electron chi connectivity index (χ4n) is 2.84. The van der Waals surface area contributed by atoms with Crippen molar-refractivity contribution in [2.45, 2.75) is 33.4 Å². The molecule has 0 bridgehead atoms. The molecule has 1 aliphatic heterocycles. The summed E-state index contributed by atoms with van der Waals surface area (Å²) < 4.78 is 15.9. The van der Waals surface area contributed by atoms with E-state index in [9.17, 15) is 14.0 Å². The molecule has 1 saturated heterocycles. The lowest BCUT2D eigenvalue weighted by Crippen LogP contribution is -2.27. The second-order valence-electron chi connectivity index (χ2n) is 6.28. The van der Waals surface area contributed by atoms with Gasteiger partial charge in [0.2, 0.25) is 0 Å². The largest absolute Gasteiger partial charge is 0.349 e. The molecule has 2 aromatic rings. The maximum Gasteiger partial charge on any atom is 0.293 e. The van der Waals surface area contributed by atoms with Gasteiger partial charge in [0.15, 0.2) is 0 Å².